The number of amides is 1. The van der Waals surface area contributed by atoms with Gasteiger partial charge < -0.3 is 5.32 Å². The zero-order valence-electron chi connectivity index (χ0n) is 19.1. The number of fused-ring (bicyclic) bond motifs is 1. The highest BCUT2D eigenvalue weighted by molar-refractivity contribution is 6.12. The molecule has 0 aliphatic rings. The van der Waals surface area contributed by atoms with E-state index in [1.54, 1.807) is 29.1 Å². The summed E-state index contributed by atoms with van der Waals surface area (Å²) in [6.45, 7) is 4.32. The number of nitrogens with zero attached hydrogens (tertiary/aromatic N) is 5. The van der Waals surface area contributed by atoms with Crippen LogP contribution in [0.1, 0.15) is 27.3 Å². The molecule has 0 spiro atoms. The van der Waals surface area contributed by atoms with Gasteiger partial charge in [-0.05, 0) is 43.7 Å². The van der Waals surface area contributed by atoms with Gasteiger partial charge in [-0.2, -0.15) is 10.2 Å². The molecule has 0 saturated heterocycles. The SMILES string of the molecule is Cc1nn(C)c(C)c1-c1cc(C(=O)Nc2ccn(Cc3cccc(F)c3)n2)c2ccccc2n1. The Kier molecular flexibility index (Phi) is 5.41. The van der Waals surface area contributed by atoms with E-state index >= 15 is 0 Å². The number of benzene rings is 2. The predicted molar refractivity (Wildman–Crippen MR) is 129 cm³/mol. The van der Waals surface area contributed by atoms with Crippen LogP contribution in [-0.4, -0.2) is 30.5 Å². The highest BCUT2D eigenvalue weighted by Crippen LogP contribution is 2.29. The Morgan fingerprint density at radius 1 is 1.03 bits per heavy atom. The average Bonchev–Trinajstić information content (AvgIpc) is 3.35. The molecule has 0 atom stereocenters. The van der Waals surface area contributed by atoms with Crippen molar-refractivity contribution in [2.24, 2.45) is 7.05 Å². The Morgan fingerprint density at radius 2 is 1.85 bits per heavy atom. The van der Waals surface area contributed by atoms with Crippen molar-refractivity contribution >= 4 is 22.6 Å². The molecular weight excluding hydrogens is 431 g/mol. The second kappa shape index (κ2) is 8.55. The van der Waals surface area contributed by atoms with Gasteiger partial charge in [-0.25, -0.2) is 9.37 Å². The maximum absolute atomic E-state index is 13.5. The van der Waals surface area contributed by atoms with Gasteiger partial charge in [0.1, 0.15) is 5.82 Å². The summed E-state index contributed by atoms with van der Waals surface area (Å²) < 4.78 is 16.9. The van der Waals surface area contributed by atoms with E-state index in [9.17, 15) is 9.18 Å². The van der Waals surface area contributed by atoms with Gasteiger partial charge in [-0.3, -0.25) is 14.2 Å². The van der Waals surface area contributed by atoms with Crippen LogP contribution in [0.4, 0.5) is 10.2 Å². The monoisotopic (exact) mass is 454 g/mol. The largest absolute Gasteiger partial charge is 0.305 e. The first kappa shape index (κ1) is 21.5. The topological polar surface area (TPSA) is 77.6 Å². The van der Waals surface area contributed by atoms with E-state index in [0.29, 0.717) is 23.6 Å². The Balaban J connectivity index is 1.47. The number of carbonyl (C=O) groups is 1. The molecule has 0 aliphatic heterocycles. The first-order chi connectivity index (χ1) is 16.4. The van der Waals surface area contributed by atoms with E-state index in [1.165, 1.54) is 12.1 Å². The summed E-state index contributed by atoms with van der Waals surface area (Å²) in [4.78, 5) is 18.1. The van der Waals surface area contributed by atoms with Crippen LogP contribution in [0.3, 0.4) is 0 Å². The van der Waals surface area contributed by atoms with Crippen molar-refractivity contribution in [2.45, 2.75) is 20.4 Å². The number of nitrogens with one attached hydrogen (secondary N) is 1. The van der Waals surface area contributed by atoms with Crippen molar-refractivity contribution in [1.29, 1.82) is 0 Å². The fourth-order valence-corrected chi connectivity index (χ4v) is 4.16. The number of carbonyl (C=O) groups excluding carboxylic acids is 1. The van der Waals surface area contributed by atoms with Gasteiger partial charge in [-0.15, -0.1) is 0 Å². The van der Waals surface area contributed by atoms with Crippen LogP contribution in [0.5, 0.6) is 0 Å². The van der Waals surface area contributed by atoms with E-state index in [1.807, 2.05) is 55.9 Å². The summed E-state index contributed by atoms with van der Waals surface area (Å²) >= 11 is 0. The Hall–Kier alpha value is -4.33. The van der Waals surface area contributed by atoms with Crippen LogP contribution < -0.4 is 5.32 Å². The van der Waals surface area contributed by atoms with Crippen LogP contribution in [0, 0.1) is 19.7 Å². The van der Waals surface area contributed by atoms with Crippen molar-refractivity contribution in [3.05, 3.63) is 95.2 Å². The second-order valence-corrected chi connectivity index (χ2v) is 8.22. The predicted octanol–water partition coefficient (Wildman–Crippen LogP) is 4.89. The van der Waals surface area contributed by atoms with Crippen LogP contribution in [0.25, 0.3) is 22.2 Å². The number of pyridine rings is 1. The average molecular weight is 455 g/mol. The fraction of sp³-hybridized carbons (Fsp3) is 0.154. The van der Waals surface area contributed by atoms with E-state index in [4.69, 9.17) is 4.98 Å². The van der Waals surface area contributed by atoms with E-state index in [2.05, 4.69) is 15.5 Å². The van der Waals surface area contributed by atoms with E-state index < -0.39 is 0 Å². The standard InChI is InChI=1S/C26H23FN6O/c1-16-25(17(2)32(3)30-16)23-14-21(20-9-4-5-10-22(20)28-23)26(34)29-24-11-12-33(31-24)15-18-7-6-8-19(27)13-18/h4-14H,15H2,1-3H3,(H,29,31,34). The normalized spacial score (nSPS) is 11.2. The van der Waals surface area contributed by atoms with Crippen molar-refractivity contribution in [2.75, 3.05) is 5.32 Å². The highest BCUT2D eigenvalue weighted by atomic mass is 19.1. The Labute approximate surface area is 195 Å². The number of rotatable bonds is 5. The zero-order chi connectivity index (χ0) is 23.8. The van der Waals surface area contributed by atoms with Gasteiger partial charge >= 0.3 is 0 Å². The van der Waals surface area contributed by atoms with Gasteiger partial charge in [0, 0.05) is 36.0 Å². The lowest BCUT2D eigenvalue weighted by atomic mass is 10.0. The summed E-state index contributed by atoms with van der Waals surface area (Å²) in [7, 11) is 1.89. The number of anilines is 1. The maximum atomic E-state index is 13.5. The van der Waals surface area contributed by atoms with Crippen LogP contribution in [0.2, 0.25) is 0 Å². The van der Waals surface area contributed by atoms with Crippen molar-refractivity contribution in [3.63, 3.8) is 0 Å². The third-order valence-electron chi connectivity index (χ3n) is 5.84. The number of hydrogen-bond acceptors (Lipinski definition) is 4. The molecule has 34 heavy (non-hydrogen) atoms. The number of aromatic nitrogens is 5. The first-order valence-electron chi connectivity index (χ1n) is 10.9. The summed E-state index contributed by atoms with van der Waals surface area (Å²) in [5.41, 5.74) is 5.46. The number of para-hydroxylation sites is 1. The zero-order valence-corrected chi connectivity index (χ0v) is 19.1. The molecule has 0 bridgehead atoms. The molecule has 5 aromatic rings. The number of aryl methyl sites for hydroxylation is 2. The number of halogens is 1. The molecule has 170 valence electrons. The molecule has 7 nitrogen and oxygen atoms in total. The number of hydrogen-bond donors (Lipinski definition) is 1. The molecule has 5 rings (SSSR count). The van der Waals surface area contributed by atoms with Gasteiger partial charge in [0.2, 0.25) is 0 Å². The molecule has 0 aliphatic carbocycles. The quantitative estimate of drug-likeness (QED) is 0.410. The lowest BCUT2D eigenvalue weighted by molar-refractivity contribution is 0.102. The van der Waals surface area contributed by atoms with Crippen LogP contribution >= 0.6 is 0 Å². The maximum Gasteiger partial charge on any atom is 0.257 e. The van der Waals surface area contributed by atoms with Gasteiger partial charge in [0.05, 0.1) is 29.0 Å². The van der Waals surface area contributed by atoms with Crippen LogP contribution in [-0.2, 0) is 13.6 Å². The van der Waals surface area contributed by atoms with Gasteiger partial charge in [-0.1, -0.05) is 30.3 Å². The second-order valence-electron chi connectivity index (χ2n) is 8.22. The minimum atomic E-state index is -0.294. The lowest BCUT2D eigenvalue weighted by Gasteiger charge is -2.10. The Morgan fingerprint density at radius 3 is 2.62 bits per heavy atom. The van der Waals surface area contributed by atoms with Crippen LogP contribution in [0.15, 0.2) is 66.9 Å². The van der Waals surface area contributed by atoms with E-state index in [0.717, 1.165) is 33.4 Å². The minimum Gasteiger partial charge on any atom is -0.305 e. The molecular formula is C26H23FN6O. The molecule has 1 amide bonds. The highest BCUT2D eigenvalue weighted by Gasteiger charge is 2.19. The van der Waals surface area contributed by atoms with Gasteiger partial charge in [0.15, 0.2) is 5.82 Å². The molecule has 3 heterocycles. The van der Waals surface area contributed by atoms with Crippen molar-refractivity contribution in [3.8, 4) is 11.3 Å². The summed E-state index contributed by atoms with van der Waals surface area (Å²) in [5.74, 6) is -0.162. The third-order valence-corrected chi connectivity index (χ3v) is 5.84. The summed E-state index contributed by atoms with van der Waals surface area (Å²) in [6.07, 6.45) is 1.75. The van der Waals surface area contributed by atoms with E-state index in [-0.39, 0.29) is 11.7 Å². The lowest BCUT2D eigenvalue weighted by Crippen LogP contribution is -2.14. The summed E-state index contributed by atoms with van der Waals surface area (Å²) in [6, 6.07) is 17.4. The molecule has 0 radical (unpaired) electrons. The minimum absolute atomic E-state index is 0.282. The molecule has 8 heteroatoms. The smallest absolute Gasteiger partial charge is 0.257 e. The molecule has 0 unspecified atom stereocenters. The van der Waals surface area contributed by atoms with Crippen molar-refractivity contribution in [1.82, 2.24) is 24.5 Å². The Bertz CT molecular complexity index is 1530. The summed E-state index contributed by atoms with van der Waals surface area (Å²) in [5, 5.41) is 12.6. The third kappa shape index (κ3) is 4.05. The molecule has 2 aromatic carbocycles. The molecule has 1 N–H and O–H groups in total. The molecule has 0 saturated carbocycles. The first-order valence-corrected chi connectivity index (χ1v) is 10.9. The van der Waals surface area contributed by atoms with Gasteiger partial charge in [0.25, 0.3) is 5.91 Å². The van der Waals surface area contributed by atoms with Crippen molar-refractivity contribution < 1.29 is 9.18 Å². The fourth-order valence-electron chi connectivity index (χ4n) is 4.16. The molecule has 0 fully saturated rings. The molecule has 3 aromatic heterocycles.